The molecule has 1 aliphatic rings. The second-order valence-electron chi connectivity index (χ2n) is 8.45. The zero-order valence-electron chi connectivity index (χ0n) is 18.4. The van der Waals surface area contributed by atoms with E-state index in [0.717, 1.165) is 27.9 Å². The number of nitriles is 1. The van der Waals surface area contributed by atoms with Crippen LogP contribution in [0.2, 0.25) is 0 Å². The van der Waals surface area contributed by atoms with E-state index in [4.69, 9.17) is 0 Å². The van der Waals surface area contributed by atoms with Gasteiger partial charge in [-0.3, -0.25) is 4.68 Å². The SMILES string of the molecule is C[C@@H](N=S(C)(=O)N1CC(CC#N)(n2cc(-c3ncnc4[nH]ccc34)cn2)C1)c1ccccc1. The van der Waals surface area contributed by atoms with E-state index >= 15 is 0 Å². The summed E-state index contributed by atoms with van der Waals surface area (Å²) in [5.41, 5.74) is 2.85. The van der Waals surface area contributed by atoms with Crippen LogP contribution in [0.3, 0.4) is 0 Å². The number of benzene rings is 1. The molecule has 4 heterocycles. The average molecular weight is 461 g/mol. The Morgan fingerprint density at radius 3 is 2.82 bits per heavy atom. The van der Waals surface area contributed by atoms with E-state index in [1.807, 2.05) is 64.7 Å². The van der Waals surface area contributed by atoms with Crippen LogP contribution in [-0.2, 0) is 15.5 Å². The van der Waals surface area contributed by atoms with Gasteiger partial charge in [-0.25, -0.2) is 22.8 Å². The molecule has 10 heteroatoms. The first-order valence-electron chi connectivity index (χ1n) is 10.6. The average Bonchev–Trinajstić information content (AvgIpc) is 3.46. The molecule has 0 aliphatic carbocycles. The molecule has 168 valence electrons. The van der Waals surface area contributed by atoms with Crippen LogP contribution in [-0.4, -0.2) is 52.6 Å². The van der Waals surface area contributed by atoms with Gasteiger partial charge in [0.1, 0.15) is 27.4 Å². The molecule has 0 amide bonds. The molecule has 0 radical (unpaired) electrons. The molecule has 1 fully saturated rings. The van der Waals surface area contributed by atoms with E-state index in [9.17, 15) is 9.47 Å². The standard InChI is InChI=1S/C23H24N8OS/c1-17(18-6-4-3-5-7-18)29-33(2,32)30-14-23(15-30,9-10-24)31-13-19(12-28-31)21-20-8-11-25-22(20)27-16-26-21/h3-8,11-13,16-17H,9,14-15H2,1-2H3,(H,25,26,27)/t17-,33?/m1/s1. The minimum atomic E-state index is -2.60. The fraction of sp³-hybridized carbons (Fsp3) is 0.304. The highest BCUT2D eigenvalue weighted by Gasteiger charge is 2.48. The number of aromatic nitrogens is 5. The quantitative estimate of drug-likeness (QED) is 0.473. The Kier molecular flexibility index (Phi) is 5.23. The number of rotatable bonds is 6. The van der Waals surface area contributed by atoms with Crippen molar-refractivity contribution in [2.24, 2.45) is 4.36 Å². The fourth-order valence-corrected chi connectivity index (χ4v) is 6.10. The summed E-state index contributed by atoms with van der Waals surface area (Å²) in [6, 6.07) is 13.9. The maximum Gasteiger partial charge on any atom is 0.141 e. The molecule has 1 aliphatic heterocycles. The number of fused-ring (bicyclic) bond motifs is 1. The number of H-pyrrole nitrogens is 1. The van der Waals surface area contributed by atoms with Crippen LogP contribution < -0.4 is 0 Å². The van der Waals surface area contributed by atoms with Crippen LogP contribution in [0, 0.1) is 11.3 Å². The van der Waals surface area contributed by atoms with Gasteiger partial charge in [-0.2, -0.15) is 10.4 Å². The van der Waals surface area contributed by atoms with Gasteiger partial charge in [-0.15, -0.1) is 0 Å². The minimum absolute atomic E-state index is 0.188. The molecule has 4 aromatic rings. The predicted molar refractivity (Wildman–Crippen MR) is 126 cm³/mol. The van der Waals surface area contributed by atoms with E-state index in [2.05, 4.69) is 30.5 Å². The highest BCUT2D eigenvalue weighted by Crippen LogP contribution is 2.36. The zero-order valence-corrected chi connectivity index (χ0v) is 19.2. The molecule has 33 heavy (non-hydrogen) atoms. The van der Waals surface area contributed by atoms with Gasteiger partial charge in [0.05, 0.1) is 30.4 Å². The fourth-order valence-electron chi connectivity index (χ4n) is 4.29. The highest BCUT2D eigenvalue weighted by atomic mass is 32.2. The summed E-state index contributed by atoms with van der Waals surface area (Å²) in [7, 11) is -2.60. The molecule has 1 aromatic carbocycles. The summed E-state index contributed by atoms with van der Waals surface area (Å²) in [6.45, 7) is 2.82. The van der Waals surface area contributed by atoms with Crippen molar-refractivity contribution in [3.8, 4) is 17.3 Å². The Labute approximate surface area is 192 Å². The summed E-state index contributed by atoms with van der Waals surface area (Å²) in [5, 5.41) is 15.0. The minimum Gasteiger partial charge on any atom is -0.346 e. The summed E-state index contributed by atoms with van der Waals surface area (Å²) < 4.78 is 21.7. The molecule has 1 N–H and O–H groups in total. The molecular weight excluding hydrogens is 436 g/mol. The largest absolute Gasteiger partial charge is 0.346 e. The summed E-state index contributed by atoms with van der Waals surface area (Å²) in [5.74, 6) is 0. The van der Waals surface area contributed by atoms with Gasteiger partial charge in [-0.05, 0) is 18.6 Å². The molecule has 9 nitrogen and oxygen atoms in total. The van der Waals surface area contributed by atoms with Gasteiger partial charge < -0.3 is 4.98 Å². The van der Waals surface area contributed by atoms with Gasteiger partial charge in [0.15, 0.2) is 0 Å². The van der Waals surface area contributed by atoms with Crippen LogP contribution >= 0.6 is 0 Å². The maximum atomic E-state index is 13.4. The van der Waals surface area contributed by atoms with Crippen molar-refractivity contribution in [2.75, 3.05) is 19.3 Å². The zero-order chi connectivity index (χ0) is 23.1. The van der Waals surface area contributed by atoms with Crippen molar-refractivity contribution >= 4 is 20.9 Å². The molecule has 2 atom stereocenters. The summed E-state index contributed by atoms with van der Waals surface area (Å²) >= 11 is 0. The van der Waals surface area contributed by atoms with Gasteiger partial charge in [0.25, 0.3) is 0 Å². The molecule has 0 bridgehead atoms. The number of hydrogen-bond acceptors (Lipinski definition) is 6. The van der Waals surface area contributed by atoms with Crippen LogP contribution in [0.25, 0.3) is 22.3 Å². The molecule has 1 unspecified atom stereocenters. The Balaban J connectivity index is 1.41. The first-order valence-corrected chi connectivity index (χ1v) is 12.5. The van der Waals surface area contributed by atoms with E-state index in [0.29, 0.717) is 13.1 Å². The van der Waals surface area contributed by atoms with Crippen LogP contribution in [0.5, 0.6) is 0 Å². The Morgan fingerprint density at radius 2 is 2.06 bits per heavy atom. The molecule has 1 saturated heterocycles. The monoisotopic (exact) mass is 460 g/mol. The molecule has 0 saturated carbocycles. The van der Waals surface area contributed by atoms with Crippen LogP contribution in [0.1, 0.15) is 24.9 Å². The van der Waals surface area contributed by atoms with Crippen molar-refractivity contribution in [2.45, 2.75) is 24.9 Å². The van der Waals surface area contributed by atoms with E-state index < -0.39 is 15.5 Å². The lowest BCUT2D eigenvalue weighted by Crippen LogP contribution is -2.63. The van der Waals surface area contributed by atoms with Crippen molar-refractivity contribution < 1.29 is 4.21 Å². The summed E-state index contributed by atoms with van der Waals surface area (Å²) in [4.78, 5) is 11.8. The third-order valence-electron chi connectivity index (χ3n) is 6.16. The van der Waals surface area contributed by atoms with Crippen LogP contribution in [0.4, 0.5) is 0 Å². The van der Waals surface area contributed by atoms with E-state index in [-0.39, 0.29) is 12.5 Å². The first kappa shape index (κ1) is 21.3. The Hall–Kier alpha value is -3.55. The number of nitrogens with one attached hydrogen (secondary N) is 1. The maximum absolute atomic E-state index is 13.4. The lowest BCUT2D eigenvalue weighted by Gasteiger charge is -2.48. The smallest absolute Gasteiger partial charge is 0.141 e. The van der Waals surface area contributed by atoms with Crippen LogP contribution in [0.15, 0.2) is 65.7 Å². The Morgan fingerprint density at radius 1 is 1.27 bits per heavy atom. The lowest BCUT2D eigenvalue weighted by atomic mass is 9.89. The van der Waals surface area contributed by atoms with Gasteiger partial charge in [0.2, 0.25) is 0 Å². The first-order chi connectivity index (χ1) is 15.9. The van der Waals surface area contributed by atoms with E-state index in [1.54, 1.807) is 12.5 Å². The van der Waals surface area contributed by atoms with Gasteiger partial charge in [-0.1, -0.05) is 30.3 Å². The summed E-state index contributed by atoms with van der Waals surface area (Å²) in [6.07, 6.45) is 8.93. The third kappa shape index (κ3) is 3.79. The third-order valence-corrected chi connectivity index (χ3v) is 8.08. The number of nitrogens with zero attached hydrogens (tertiary/aromatic N) is 7. The topological polar surface area (TPSA) is 116 Å². The molecule has 0 spiro atoms. The predicted octanol–water partition coefficient (Wildman–Crippen LogP) is 3.52. The van der Waals surface area contributed by atoms with Crippen molar-refractivity contribution in [3.63, 3.8) is 0 Å². The highest BCUT2D eigenvalue weighted by molar-refractivity contribution is 7.90. The molecule has 5 rings (SSSR count). The normalized spacial score (nSPS) is 18.2. The Bertz CT molecular complexity index is 1450. The molecule has 3 aromatic heterocycles. The van der Waals surface area contributed by atoms with Crippen molar-refractivity contribution in [1.29, 1.82) is 5.26 Å². The van der Waals surface area contributed by atoms with Crippen molar-refractivity contribution in [1.82, 2.24) is 29.0 Å². The second-order valence-corrected chi connectivity index (χ2v) is 10.7. The number of aromatic amines is 1. The van der Waals surface area contributed by atoms with Gasteiger partial charge in [0, 0.05) is 42.7 Å². The number of hydrogen-bond donors (Lipinski definition) is 1. The van der Waals surface area contributed by atoms with Crippen molar-refractivity contribution in [3.05, 3.63) is 66.9 Å². The van der Waals surface area contributed by atoms with Gasteiger partial charge >= 0.3 is 0 Å². The second kappa shape index (κ2) is 8.10. The van der Waals surface area contributed by atoms with E-state index in [1.165, 1.54) is 6.33 Å². The lowest BCUT2D eigenvalue weighted by molar-refractivity contribution is 0.0753. The molecular formula is C23H24N8OS.